The average molecular weight is 554 g/mol. The van der Waals surface area contributed by atoms with Crippen LogP contribution in [0, 0.1) is 0 Å². The molecule has 0 bridgehead atoms. The number of hydrogen-bond acceptors (Lipinski definition) is 10. The molecule has 0 aliphatic carbocycles. The number of esters is 2. The molecule has 0 aliphatic rings. The van der Waals surface area contributed by atoms with Gasteiger partial charge >= 0.3 is 18.0 Å². The van der Waals surface area contributed by atoms with Gasteiger partial charge in [-0.25, -0.2) is 19.4 Å². The number of hydrogen-bond donors (Lipinski definition) is 2. The molecule has 2 aromatic carbocycles. The highest BCUT2D eigenvalue weighted by Gasteiger charge is 2.18. The predicted octanol–water partition coefficient (Wildman–Crippen LogP) is 3.14. The fourth-order valence-electron chi connectivity index (χ4n) is 2.95. The largest absolute Gasteiger partial charge is 0.482 e. The third-order valence-corrected chi connectivity index (χ3v) is 4.97. The first-order chi connectivity index (χ1) is 19.1. The van der Waals surface area contributed by atoms with E-state index in [0.29, 0.717) is 22.6 Å². The maximum Gasteiger partial charge on any atom is 0.412 e. The van der Waals surface area contributed by atoms with Crippen molar-refractivity contribution >= 4 is 41.7 Å². The summed E-state index contributed by atoms with van der Waals surface area (Å²) in [7, 11) is 0. The van der Waals surface area contributed by atoms with Gasteiger partial charge in [0.05, 0.1) is 24.7 Å². The average Bonchev–Trinajstić information content (AvgIpc) is 2.94. The van der Waals surface area contributed by atoms with E-state index in [0.717, 1.165) is 6.34 Å². The molecular weight excluding hydrogens is 522 g/mol. The smallest absolute Gasteiger partial charge is 0.412 e. The number of rotatable bonds is 14. The number of alkyl carbamates (subject to hydrolysis) is 1. The lowest BCUT2D eigenvalue weighted by atomic mass is 10.0. The van der Waals surface area contributed by atoms with Gasteiger partial charge in [0.15, 0.2) is 12.4 Å². The zero-order valence-corrected chi connectivity index (χ0v) is 22.4. The normalized spacial score (nSPS) is 11.2. The second-order valence-electron chi connectivity index (χ2n) is 8.18. The van der Waals surface area contributed by atoms with Gasteiger partial charge in [-0.15, -0.1) is 0 Å². The summed E-state index contributed by atoms with van der Waals surface area (Å²) in [5.74, 6) is -1.43. The molecule has 2 aromatic rings. The van der Waals surface area contributed by atoms with Crippen molar-refractivity contribution in [2.45, 2.75) is 26.8 Å². The topological polar surface area (TPSA) is 159 Å². The fourth-order valence-corrected chi connectivity index (χ4v) is 2.95. The van der Waals surface area contributed by atoms with Crippen molar-refractivity contribution < 1.29 is 42.9 Å². The van der Waals surface area contributed by atoms with Crippen LogP contribution in [0.2, 0.25) is 0 Å². The number of benzene rings is 2. The van der Waals surface area contributed by atoms with E-state index in [1.54, 1.807) is 50.2 Å². The highest BCUT2D eigenvalue weighted by molar-refractivity contribution is 6.04. The maximum atomic E-state index is 12.7. The minimum atomic E-state index is -0.809. The van der Waals surface area contributed by atoms with E-state index in [1.807, 2.05) is 0 Å². The van der Waals surface area contributed by atoms with E-state index >= 15 is 0 Å². The van der Waals surface area contributed by atoms with Gasteiger partial charge < -0.3 is 24.3 Å². The molecule has 0 spiro atoms. The highest BCUT2D eigenvalue weighted by Crippen LogP contribution is 2.15. The minimum Gasteiger partial charge on any atom is -0.482 e. The van der Waals surface area contributed by atoms with Crippen LogP contribution in [0.1, 0.15) is 41.5 Å². The van der Waals surface area contributed by atoms with Crippen LogP contribution in [-0.2, 0) is 23.8 Å². The molecular formula is C28H31N3O9. The third-order valence-electron chi connectivity index (χ3n) is 4.97. The van der Waals surface area contributed by atoms with Gasteiger partial charge in [-0.1, -0.05) is 6.58 Å². The minimum absolute atomic E-state index is 0.107. The Hall–Kier alpha value is -5.00. The van der Waals surface area contributed by atoms with E-state index in [4.69, 9.17) is 18.9 Å². The number of carbonyl (C=O) groups excluding carboxylic acids is 5. The van der Waals surface area contributed by atoms with Gasteiger partial charge in [0.25, 0.3) is 5.91 Å². The quantitative estimate of drug-likeness (QED) is 0.0682. The summed E-state index contributed by atoms with van der Waals surface area (Å²) in [6.45, 7) is 7.98. The molecule has 2 amide bonds. The lowest BCUT2D eigenvalue weighted by Gasteiger charge is -2.13. The molecule has 212 valence electrons. The maximum absolute atomic E-state index is 12.7. The number of carbonyl (C=O) groups is 5. The van der Waals surface area contributed by atoms with Gasteiger partial charge in [-0.05, 0) is 69.3 Å². The SMILES string of the molecule is C=C(C)C(=O)OCCOC(=O)NC=Nc1ccc(C(=O)N[C@@H](C)C(=O)c2ccc(OCC(=O)OCC)cc2)cc1. The summed E-state index contributed by atoms with van der Waals surface area (Å²) in [5, 5.41) is 4.95. The number of aliphatic imine (C=N–C) groups is 1. The Morgan fingerprint density at radius 2 is 1.55 bits per heavy atom. The molecule has 1 atom stereocenters. The molecule has 0 heterocycles. The van der Waals surface area contributed by atoms with Crippen LogP contribution >= 0.6 is 0 Å². The third kappa shape index (κ3) is 10.8. The lowest BCUT2D eigenvalue weighted by molar-refractivity contribution is -0.145. The van der Waals surface area contributed by atoms with Gasteiger partial charge in [0.2, 0.25) is 0 Å². The van der Waals surface area contributed by atoms with Crippen molar-refractivity contribution in [1.29, 1.82) is 0 Å². The summed E-state index contributed by atoms with van der Waals surface area (Å²) in [6.07, 6.45) is 0.328. The van der Waals surface area contributed by atoms with E-state index in [9.17, 15) is 24.0 Å². The number of ketones is 1. The van der Waals surface area contributed by atoms with Crippen LogP contribution in [0.25, 0.3) is 0 Å². The van der Waals surface area contributed by atoms with Gasteiger partial charge in [-0.2, -0.15) is 0 Å². The van der Waals surface area contributed by atoms with Gasteiger partial charge in [0, 0.05) is 16.7 Å². The van der Waals surface area contributed by atoms with Crippen molar-refractivity contribution in [1.82, 2.24) is 10.6 Å². The molecule has 2 rings (SSSR count). The number of amides is 2. The Morgan fingerprint density at radius 3 is 2.17 bits per heavy atom. The first-order valence-electron chi connectivity index (χ1n) is 12.2. The molecule has 12 heteroatoms. The second-order valence-corrected chi connectivity index (χ2v) is 8.18. The first kappa shape index (κ1) is 31.2. The van der Waals surface area contributed by atoms with E-state index in [2.05, 4.69) is 22.2 Å². The Balaban J connectivity index is 1.79. The van der Waals surface area contributed by atoms with Crippen LogP contribution in [0.5, 0.6) is 5.75 Å². The lowest BCUT2D eigenvalue weighted by Crippen LogP contribution is -2.38. The molecule has 0 saturated heterocycles. The summed E-state index contributed by atoms with van der Waals surface area (Å²) < 4.78 is 19.7. The Morgan fingerprint density at radius 1 is 0.925 bits per heavy atom. The zero-order chi connectivity index (χ0) is 29.5. The monoisotopic (exact) mass is 553 g/mol. The number of ether oxygens (including phenoxy) is 4. The van der Waals surface area contributed by atoms with Crippen LogP contribution in [-0.4, -0.2) is 68.5 Å². The number of nitrogens with zero attached hydrogens (tertiary/aromatic N) is 1. The standard InChI is InChI=1S/C28H31N3O9/c1-5-37-24(32)16-40-23-12-8-20(9-13-23)25(33)19(4)31-26(34)21-6-10-22(11-7-21)29-17-30-28(36)39-15-14-38-27(35)18(2)3/h6-13,17,19H,2,5,14-16H2,1,3-4H3,(H,31,34)(H,29,30,36)/t19-/m0/s1. The molecule has 0 radical (unpaired) electrons. The molecule has 12 nitrogen and oxygen atoms in total. The first-order valence-corrected chi connectivity index (χ1v) is 12.2. The predicted molar refractivity (Wildman–Crippen MR) is 145 cm³/mol. The van der Waals surface area contributed by atoms with E-state index in [1.165, 1.54) is 19.1 Å². The van der Waals surface area contributed by atoms with Crippen molar-refractivity contribution in [2.24, 2.45) is 4.99 Å². The van der Waals surface area contributed by atoms with E-state index in [-0.39, 0.29) is 37.8 Å². The van der Waals surface area contributed by atoms with Crippen molar-refractivity contribution in [3.63, 3.8) is 0 Å². The molecule has 0 unspecified atom stereocenters. The fraction of sp³-hybridized carbons (Fsp3) is 0.286. The Labute approximate surface area is 231 Å². The highest BCUT2D eigenvalue weighted by atomic mass is 16.6. The van der Waals surface area contributed by atoms with Crippen molar-refractivity contribution in [3.8, 4) is 5.75 Å². The summed E-state index contributed by atoms with van der Waals surface area (Å²) in [4.78, 5) is 63.6. The van der Waals surface area contributed by atoms with Crippen LogP contribution in [0.4, 0.5) is 10.5 Å². The summed E-state index contributed by atoms with van der Waals surface area (Å²) in [5.41, 5.74) is 1.35. The summed E-state index contributed by atoms with van der Waals surface area (Å²) in [6, 6.07) is 11.5. The van der Waals surface area contributed by atoms with Crippen LogP contribution < -0.4 is 15.4 Å². The molecule has 0 aromatic heterocycles. The van der Waals surface area contributed by atoms with Crippen LogP contribution in [0.3, 0.4) is 0 Å². The second kappa shape index (κ2) is 16.1. The van der Waals surface area contributed by atoms with Crippen molar-refractivity contribution in [2.75, 3.05) is 26.4 Å². The van der Waals surface area contributed by atoms with E-state index < -0.39 is 30.0 Å². The van der Waals surface area contributed by atoms with Crippen molar-refractivity contribution in [3.05, 3.63) is 71.8 Å². The molecule has 0 fully saturated rings. The number of Topliss-reactive ketones (excluding diaryl/α,β-unsaturated/α-hetero) is 1. The molecule has 0 saturated carbocycles. The Kier molecular flexibility index (Phi) is 12.5. The summed E-state index contributed by atoms with van der Waals surface area (Å²) >= 11 is 0. The van der Waals surface area contributed by atoms with Crippen LogP contribution in [0.15, 0.2) is 65.7 Å². The zero-order valence-electron chi connectivity index (χ0n) is 22.4. The molecule has 2 N–H and O–H groups in total. The van der Waals surface area contributed by atoms with Gasteiger partial charge in [0.1, 0.15) is 19.0 Å². The van der Waals surface area contributed by atoms with Gasteiger partial charge in [-0.3, -0.25) is 14.9 Å². The number of nitrogens with one attached hydrogen (secondary N) is 2. The Bertz CT molecular complexity index is 1240. The molecule has 0 aliphatic heterocycles. The molecule has 40 heavy (non-hydrogen) atoms.